The van der Waals surface area contributed by atoms with Crippen LogP contribution in [0.1, 0.15) is 34.9 Å². The predicted molar refractivity (Wildman–Crippen MR) is 125 cm³/mol. The van der Waals surface area contributed by atoms with Gasteiger partial charge in [-0.15, -0.1) is 11.8 Å². The molecule has 0 atom stereocenters. The molecule has 0 unspecified atom stereocenters. The summed E-state index contributed by atoms with van der Waals surface area (Å²) in [5.41, 5.74) is 1.32. The van der Waals surface area contributed by atoms with Gasteiger partial charge in [-0.05, 0) is 56.2 Å². The van der Waals surface area contributed by atoms with Crippen molar-refractivity contribution in [3.8, 4) is 11.5 Å². The summed E-state index contributed by atoms with van der Waals surface area (Å²) in [5.74, 6) is 2.89. The van der Waals surface area contributed by atoms with Crippen molar-refractivity contribution in [2.45, 2.75) is 30.4 Å². The number of rotatable bonds is 6. The van der Waals surface area contributed by atoms with Crippen LogP contribution in [-0.4, -0.2) is 46.7 Å². The van der Waals surface area contributed by atoms with Crippen molar-refractivity contribution in [2.75, 3.05) is 25.2 Å². The normalized spacial score (nSPS) is 15.4. The Kier molecular flexibility index (Phi) is 6.39. The topological polar surface area (TPSA) is 107 Å². The lowest BCUT2D eigenvalue weighted by Crippen LogP contribution is -2.41. The summed E-state index contributed by atoms with van der Waals surface area (Å²) in [5, 5.41) is 6.74. The molecule has 2 aliphatic rings. The summed E-state index contributed by atoms with van der Waals surface area (Å²) in [6.07, 6.45) is 1.25. The number of likely N-dealkylation sites (tertiary alicyclic amines) is 1. The van der Waals surface area contributed by atoms with Gasteiger partial charge in [0.15, 0.2) is 17.3 Å². The number of nitrogens with zero attached hydrogens (tertiary/aromatic N) is 3. The molecule has 2 amide bonds. The second kappa shape index (κ2) is 9.76. The molecule has 1 N–H and O–H groups in total. The largest absolute Gasteiger partial charge is 0.454 e. The number of amides is 2. The second-order valence-corrected chi connectivity index (χ2v) is 9.22. The Morgan fingerprint density at radius 3 is 2.59 bits per heavy atom. The van der Waals surface area contributed by atoms with E-state index in [9.17, 15) is 9.59 Å². The molecule has 0 spiro atoms. The molecule has 176 valence electrons. The predicted octanol–water partition coefficient (Wildman–Crippen LogP) is 3.89. The van der Waals surface area contributed by atoms with Crippen LogP contribution in [0.4, 0.5) is 5.69 Å². The van der Waals surface area contributed by atoms with E-state index in [1.54, 1.807) is 36.9 Å². The van der Waals surface area contributed by atoms with Crippen molar-refractivity contribution >= 4 is 29.3 Å². The molecule has 0 saturated carbocycles. The zero-order valence-corrected chi connectivity index (χ0v) is 19.5. The summed E-state index contributed by atoms with van der Waals surface area (Å²) in [6.45, 7) is 3.07. The van der Waals surface area contributed by atoms with E-state index in [2.05, 4.69) is 15.5 Å². The first kappa shape index (κ1) is 22.3. The van der Waals surface area contributed by atoms with Gasteiger partial charge in [-0.3, -0.25) is 9.59 Å². The van der Waals surface area contributed by atoms with Crippen LogP contribution in [0.3, 0.4) is 0 Å². The smallest absolute Gasteiger partial charge is 0.253 e. The number of carbonyl (C=O) groups is 2. The quantitative estimate of drug-likeness (QED) is 0.530. The third-order valence-electron chi connectivity index (χ3n) is 5.83. The molecule has 2 aliphatic heterocycles. The van der Waals surface area contributed by atoms with Crippen molar-refractivity contribution in [1.82, 2.24) is 15.0 Å². The first-order chi connectivity index (χ1) is 16.5. The SMILES string of the molecule is Cc1noc(CSc2ccc(C(=O)N3CCC(C(=O)Nc4ccc5c(c4)OCO5)CC3)cc2)n1. The van der Waals surface area contributed by atoms with Gasteiger partial charge < -0.3 is 24.2 Å². The fraction of sp³-hybridized carbons (Fsp3) is 0.333. The van der Waals surface area contributed by atoms with E-state index >= 15 is 0 Å². The number of fused-ring (bicyclic) bond motifs is 1. The molecule has 1 saturated heterocycles. The van der Waals surface area contributed by atoms with Crippen LogP contribution in [0.5, 0.6) is 11.5 Å². The minimum absolute atomic E-state index is 0.0151. The number of hydrogen-bond donors (Lipinski definition) is 1. The van der Waals surface area contributed by atoms with Crippen LogP contribution < -0.4 is 14.8 Å². The summed E-state index contributed by atoms with van der Waals surface area (Å²) < 4.78 is 15.8. The molecular weight excluding hydrogens is 456 g/mol. The maximum absolute atomic E-state index is 12.9. The minimum atomic E-state index is -0.137. The maximum atomic E-state index is 12.9. The van der Waals surface area contributed by atoms with Gasteiger partial charge in [0.25, 0.3) is 5.91 Å². The number of anilines is 1. The molecule has 1 aromatic heterocycles. The molecule has 0 bridgehead atoms. The molecular formula is C24H24N4O5S. The van der Waals surface area contributed by atoms with Crippen LogP contribution >= 0.6 is 11.8 Å². The van der Waals surface area contributed by atoms with Gasteiger partial charge in [0.2, 0.25) is 18.6 Å². The van der Waals surface area contributed by atoms with Crippen molar-refractivity contribution < 1.29 is 23.6 Å². The molecule has 0 radical (unpaired) electrons. The van der Waals surface area contributed by atoms with Crippen molar-refractivity contribution in [2.24, 2.45) is 5.92 Å². The van der Waals surface area contributed by atoms with E-state index in [0.717, 1.165) is 4.90 Å². The molecule has 10 heteroatoms. The van der Waals surface area contributed by atoms with Crippen molar-refractivity contribution in [3.63, 3.8) is 0 Å². The van der Waals surface area contributed by atoms with E-state index in [4.69, 9.17) is 14.0 Å². The van der Waals surface area contributed by atoms with E-state index in [0.29, 0.717) is 66.1 Å². The summed E-state index contributed by atoms with van der Waals surface area (Å²) in [7, 11) is 0. The van der Waals surface area contributed by atoms with Gasteiger partial charge in [-0.1, -0.05) is 5.16 Å². The average Bonchev–Trinajstić information content (AvgIpc) is 3.51. The molecule has 9 nitrogen and oxygen atoms in total. The fourth-order valence-corrected chi connectivity index (χ4v) is 4.72. The molecule has 3 aromatic rings. The van der Waals surface area contributed by atoms with Crippen LogP contribution in [-0.2, 0) is 10.5 Å². The van der Waals surface area contributed by atoms with Crippen LogP contribution in [0.2, 0.25) is 0 Å². The third kappa shape index (κ3) is 5.01. The van der Waals surface area contributed by atoms with Crippen molar-refractivity contribution in [1.29, 1.82) is 0 Å². The van der Waals surface area contributed by atoms with E-state index < -0.39 is 0 Å². The Balaban J connectivity index is 1.11. The number of aryl methyl sites for hydroxylation is 1. The van der Waals surface area contributed by atoms with Gasteiger partial charge in [-0.2, -0.15) is 4.98 Å². The number of aromatic nitrogens is 2. The van der Waals surface area contributed by atoms with Gasteiger partial charge >= 0.3 is 0 Å². The molecule has 5 rings (SSSR count). The van der Waals surface area contributed by atoms with Gasteiger partial charge in [0.05, 0.1) is 5.75 Å². The zero-order chi connectivity index (χ0) is 23.5. The minimum Gasteiger partial charge on any atom is -0.454 e. The van der Waals surface area contributed by atoms with Crippen LogP contribution in [0, 0.1) is 12.8 Å². The number of hydrogen-bond acceptors (Lipinski definition) is 8. The number of nitrogens with one attached hydrogen (secondary N) is 1. The number of benzene rings is 2. The fourth-order valence-electron chi connectivity index (χ4n) is 3.98. The monoisotopic (exact) mass is 480 g/mol. The Morgan fingerprint density at radius 2 is 1.85 bits per heavy atom. The number of carbonyl (C=O) groups excluding carboxylic acids is 2. The maximum Gasteiger partial charge on any atom is 0.253 e. The van der Waals surface area contributed by atoms with E-state index in [1.165, 1.54) is 0 Å². The standard InChI is InChI=1S/C24H24N4O5S/c1-15-25-22(33-27-15)13-34-19-5-2-17(3-6-19)24(30)28-10-8-16(9-11-28)23(29)26-18-4-7-20-21(12-18)32-14-31-20/h2-7,12,16H,8-11,13-14H2,1H3,(H,26,29). The highest BCUT2D eigenvalue weighted by Gasteiger charge is 2.28. The highest BCUT2D eigenvalue weighted by molar-refractivity contribution is 7.98. The van der Waals surface area contributed by atoms with E-state index in [-0.39, 0.29) is 24.5 Å². The number of piperidine rings is 1. The number of ether oxygens (including phenoxy) is 2. The lowest BCUT2D eigenvalue weighted by Gasteiger charge is -2.31. The highest BCUT2D eigenvalue weighted by Crippen LogP contribution is 2.34. The van der Waals surface area contributed by atoms with Crippen molar-refractivity contribution in [3.05, 3.63) is 59.7 Å². The summed E-state index contributed by atoms with van der Waals surface area (Å²) in [6, 6.07) is 12.9. The first-order valence-corrected chi connectivity index (χ1v) is 12.1. The average molecular weight is 481 g/mol. The van der Waals surface area contributed by atoms with Gasteiger partial charge in [0, 0.05) is 41.2 Å². The first-order valence-electron chi connectivity index (χ1n) is 11.1. The summed E-state index contributed by atoms with van der Waals surface area (Å²) >= 11 is 1.57. The molecule has 1 fully saturated rings. The molecule has 0 aliphatic carbocycles. The van der Waals surface area contributed by atoms with E-state index in [1.807, 2.05) is 29.2 Å². The molecule has 34 heavy (non-hydrogen) atoms. The molecule has 3 heterocycles. The Bertz CT molecular complexity index is 1190. The Labute approximate surface area is 200 Å². The van der Waals surface area contributed by atoms with Gasteiger partial charge in [0.1, 0.15) is 0 Å². The van der Waals surface area contributed by atoms with Crippen LogP contribution in [0.15, 0.2) is 51.9 Å². The summed E-state index contributed by atoms with van der Waals surface area (Å²) in [4.78, 5) is 32.7. The second-order valence-electron chi connectivity index (χ2n) is 8.17. The lowest BCUT2D eigenvalue weighted by atomic mass is 9.95. The third-order valence-corrected chi connectivity index (χ3v) is 6.82. The number of thioether (sulfide) groups is 1. The lowest BCUT2D eigenvalue weighted by molar-refractivity contribution is -0.121. The molecule has 2 aromatic carbocycles. The zero-order valence-electron chi connectivity index (χ0n) is 18.7. The Morgan fingerprint density at radius 1 is 1.09 bits per heavy atom. The van der Waals surface area contributed by atoms with Gasteiger partial charge in [-0.25, -0.2) is 0 Å². The highest BCUT2D eigenvalue weighted by atomic mass is 32.2. The van der Waals surface area contributed by atoms with Crippen LogP contribution in [0.25, 0.3) is 0 Å². The Hall–Kier alpha value is -3.53.